The molecule has 88 valence electrons. The van der Waals surface area contributed by atoms with Gasteiger partial charge in [0.1, 0.15) is 0 Å². The van der Waals surface area contributed by atoms with Crippen molar-refractivity contribution in [1.82, 2.24) is 5.43 Å². The minimum absolute atomic E-state index is 0.267. The quantitative estimate of drug-likeness (QED) is 0.643. The minimum Gasteiger partial charge on any atom is -0.271 e. The lowest BCUT2D eigenvalue weighted by Gasteiger charge is -2.23. The van der Waals surface area contributed by atoms with Crippen molar-refractivity contribution in [2.24, 2.45) is 11.3 Å². The Labute approximate surface area is 106 Å². The Bertz CT molecular complexity index is 389. The molecular weight excluding hydrogens is 243 g/mol. The molecule has 0 saturated heterocycles. The van der Waals surface area contributed by atoms with Gasteiger partial charge in [-0.1, -0.05) is 30.1 Å². The number of hydrazine groups is 1. The first-order chi connectivity index (χ1) is 7.55. The highest BCUT2D eigenvalue weighted by atomic mass is 35.5. The zero-order valence-corrected chi connectivity index (χ0v) is 10.8. The van der Waals surface area contributed by atoms with E-state index in [0.29, 0.717) is 5.41 Å². The van der Waals surface area contributed by atoms with Crippen LogP contribution in [0.15, 0.2) is 18.2 Å². The Hall–Kier alpha value is -0.280. The SMILES string of the molecule is CC1(C(Cc2cc(Cl)ccc2Cl)NN)CC1. The van der Waals surface area contributed by atoms with Crippen molar-refractivity contribution >= 4 is 23.2 Å². The number of rotatable bonds is 4. The lowest BCUT2D eigenvalue weighted by atomic mass is 9.93. The fourth-order valence-electron chi connectivity index (χ4n) is 1.97. The van der Waals surface area contributed by atoms with Gasteiger partial charge in [-0.2, -0.15) is 0 Å². The van der Waals surface area contributed by atoms with Crippen LogP contribution in [0.1, 0.15) is 25.3 Å². The Kier molecular flexibility index (Phi) is 3.45. The summed E-state index contributed by atoms with van der Waals surface area (Å²) in [4.78, 5) is 0. The Balaban J connectivity index is 2.15. The molecule has 0 aromatic heterocycles. The van der Waals surface area contributed by atoms with Gasteiger partial charge in [-0.25, -0.2) is 0 Å². The summed E-state index contributed by atoms with van der Waals surface area (Å²) in [5.41, 5.74) is 4.28. The summed E-state index contributed by atoms with van der Waals surface area (Å²) in [5.74, 6) is 5.61. The standard InChI is InChI=1S/C12H16Cl2N2/c1-12(4-5-12)11(16-15)7-8-6-9(13)2-3-10(8)14/h2-3,6,11,16H,4-5,7,15H2,1H3. The van der Waals surface area contributed by atoms with Gasteiger partial charge in [0.05, 0.1) is 0 Å². The monoisotopic (exact) mass is 258 g/mol. The summed E-state index contributed by atoms with van der Waals surface area (Å²) >= 11 is 12.1. The van der Waals surface area contributed by atoms with Crippen LogP contribution in [0.2, 0.25) is 10.0 Å². The first-order valence-electron chi connectivity index (χ1n) is 5.45. The maximum atomic E-state index is 6.14. The van der Waals surface area contributed by atoms with Crippen molar-refractivity contribution in [3.63, 3.8) is 0 Å². The molecule has 0 aliphatic heterocycles. The average molecular weight is 259 g/mol. The summed E-state index contributed by atoms with van der Waals surface area (Å²) in [6.45, 7) is 2.25. The molecule has 1 aliphatic rings. The number of halogens is 2. The zero-order valence-electron chi connectivity index (χ0n) is 9.26. The van der Waals surface area contributed by atoms with E-state index in [1.807, 2.05) is 12.1 Å². The highest BCUT2D eigenvalue weighted by Crippen LogP contribution is 2.49. The number of benzene rings is 1. The first kappa shape index (κ1) is 12.2. The fraction of sp³-hybridized carbons (Fsp3) is 0.500. The summed E-state index contributed by atoms with van der Waals surface area (Å²) < 4.78 is 0. The molecule has 0 radical (unpaired) electrons. The van der Waals surface area contributed by atoms with Gasteiger partial charge < -0.3 is 0 Å². The van der Waals surface area contributed by atoms with E-state index in [1.54, 1.807) is 6.07 Å². The summed E-state index contributed by atoms with van der Waals surface area (Å²) in [6, 6.07) is 5.82. The summed E-state index contributed by atoms with van der Waals surface area (Å²) in [7, 11) is 0. The van der Waals surface area contributed by atoms with Crippen LogP contribution in [0.25, 0.3) is 0 Å². The summed E-state index contributed by atoms with van der Waals surface area (Å²) in [5, 5.41) is 1.48. The van der Waals surface area contributed by atoms with Crippen LogP contribution in [-0.4, -0.2) is 6.04 Å². The van der Waals surface area contributed by atoms with Crippen LogP contribution >= 0.6 is 23.2 Å². The summed E-state index contributed by atoms with van der Waals surface area (Å²) in [6.07, 6.45) is 3.27. The van der Waals surface area contributed by atoms with Crippen molar-refractivity contribution in [3.8, 4) is 0 Å². The molecular formula is C12H16Cl2N2. The van der Waals surface area contributed by atoms with Crippen LogP contribution in [0.3, 0.4) is 0 Å². The second-order valence-electron chi connectivity index (χ2n) is 4.81. The van der Waals surface area contributed by atoms with Gasteiger partial charge >= 0.3 is 0 Å². The smallest absolute Gasteiger partial charge is 0.0439 e. The molecule has 4 heteroatoms. The van der Waals surface area contributed by atoms with Crippen molar-refractivity contribution in [2.45, 2.75) is 32.2 Å². The maximum Gasteiger partial charge on any atom is 0.0439 e. The maximum absolute atomic E-state index is 6.14. The van der Waals surface area contributed by atoms with Crippen LogP contribution in [-0.2, 0) is 6.42 Å². The molecule has 16 heavy (non-hydrogen) atoms. The third-order valence-corrected chi connectivity index (χ3v) is 4.12. The van der Waals surface area contributed by atoms with Gasteiger partial charge in [0.25, 0.3) is 0 Å². The molecule has 0 bridgehead atoms. The molecule has 1 saturated carbocycles. The number of nitrogens with one attached hydrogen (secondary N) is 1. The van der Waals surface area contributed by atoms with Crippen LogP contribution in [0.4, 0.5) is 0 Å². The molecule has 1 fully saturated rings. The number of nitrogens with two attached hydrogens (primary N) is 1. The molecule has 1 aromatic rings. The lowest BCUT2D eigenvalue weighted by molar-refractivity contribution is 0.359. The Morgan fingerprint density at radius 1 is 1.44 bits per heavy atom. The minimum atomic E-state index is 0.267. The lowest BCUT2D eigenvalue weighted by Crippen LogP contribution is -2.42. The van der Waals surface area contributed by atoms with Crippen molar-refractivity contribution < 1.29 is 0 Å². The highest BCUT2D eigenvalue weighted by molar-refractivity contribution is 6.33. The molecule has 0 spiro atoms. The average Bonchev–Trinajstić information content (AvgIpc) is 2.99. The van der Waals surface area contributed by atoms with E-state index in [9.17, 15) is 0 Å². The van der Waals surface area contributed by atoms with E-state index in [4.69, 9.17) is 29.0 Å². The van der Waals surface area contributed by atoms with E-state index >= 15 is 0 Å². The van der Waals surface area contributed by atoms with Gasteiger partial charge in [-0.05, 0) is 48.4 Å². The normalized spacial score (nSPS) is 19.5. The van der Waals surface area contributed by atoms with Crippen LogP contribution < -0.4 is 11.3 Å². The van der Waals surface area contributed by atoms with Crippen LogP contribution in [0, 0.1) is 5.41 Å². The molecule has 1 aromatic carbocycles. The van der Waals surface area contributed by atoms with E-state index < -0.39 is 0 Å². The fourth-order valence-corrected chi connectivity index (χ4v) is 2.36. The molecule has 2 nitrogen and oxygen atoms in total. The molecule has 2 rings (SSSR count). The molecule has 1 atom stereocenters. The van der Waals surface area contributed by atoms with Gasteiger partial charge in [0.15, 0.2) is 0 Å². The third kappa shape index (κ3) is 2.51. The predicted octanol–water partition coefficient (Wildman–Crippen LogP) is 3.17. The molecule has 3 N–H and O–H groups in total. The predicted molar refractivity (Wildman–Crippen MR) is 68.6 cm³/mol. The number of hydrogen-bond donors (Lipinski definition) is 2. The van der Waals surface area contributed by atoms with E-state index in [1.165, 1.54) is 12.8 Å². The Morgan fingerprint density at radius 3 is 2.69 bits per heavy atom. The number of hydrogen-bond acceptors (Lipinski definition) is 2. The van der Waals surface area contributed by atoms with Crippen molar-refractivity contribution in [2.75, 3.05) is 0 Å². The van der Waals surface area contributed by atoms with Crippen LogP contribution in [0.5, 0.6) is 0 Å². The second-order valence-corrected chi connectivity index (χ2v) is 5.66. The van der Waals surface area contributed by atoms with Gasteiger partial charge in [-0.3, -0.25) is 11.3 Å². The Morgan fingerprint density at radius 2 is 2.12 bits per heavy atom. The van der Waals surface area contributed by atoms with Gasteiger partial charge in [-0.15, -0.1) is 0 Å². The molecule has 1 aliphatic carbocycles. The van der Waals surface area contributed by atoms with Gasteiger partial charge in [0.2, 0.25) is 0 Å². The van der Waals surface area contributed by atoms with Gasteiger partial charge in [0, 0.05) is 16.1 Å². The van der Waals surface area contributed by atoms with E-state index in [2.05, 4.69) is 12.3 Å². The molecule has 1 unspecified atom stereocenters. The van der Waals surface area contributed by atoms with E-state index in [-0.39, 0.29) is 6.04 Å². The second kappa shape index (κ2) is 4.53. The molecule has 0 amide bonds. The van der Waals surface area contributed by atoms with Crippen molar-refractivity contribution in [3.05, 3.63) is 33.8 Å². The largest absolute Gasteiger partial charge is 0.271 e. The van der Waals surface area contributed by atoms with E-state index in [0.717, 1.165) is 22.0 Å². The zero-order chi connectivity index (χ0) is 11.8. The molecule has 0 heterocycles. The van der Waals surface area contributed by atoms with Crippen molar-refractivity contribution in [1.29, 1.82) is 0 Å². The topological polar surface area (TPSA) is 38.0 Å². The first-order valence-corrected chi connectivity index (χ1v) is 6.21. The highest BCUT2D eigenvalue weighted by Gasteiger charge is 2.44. The third-order valence-electron chi connectivity index (χ3n) is 3.51.